The van der Waals surface area contributed by atoms with Crippen molar-refractivity contribution in [2.75, 3.05) is 5.32 Å². The molecule has 2 atom stereocenters. The second-order valence-corrected chi connectivity index (χ2v) is 7.49. The Hall–Kier alpha value is -1.51. The van der Waals surface area contributed by atoms with Gasteiger partial charge in [-0.2, -0.15) is 0 Å². The van der Waals surface area contributed by atoms with Crippen molar-refractivity contribution in [2.24, 2.45) is 5.14 Å². The van der Waals surface area contributed by atoms with Crippen LogP contribution in [0, 0.1) is 5.82 Å². The second-order valence-electron chi connectivity index (χ2n) is 4.67. The molecule has 2 aromatic rings. The van der Waals surface area contributed by atoms with Crippen molar-refractivity contribution in [1.29, 1.82) is 0 Å². The third-order valence-electron chi connectivity index (χ3n) is 3.16. The third kappa shape index (κ3) is 2.82. The van der Waals surface area contributed by atoms with Gasteiger partial charge in [0, 0.05) is 12.0 Å². The van der Waals surface area contributed by atoms with Gasteiger partial charge in [0.1, 0.15) is 5.82 Å². The van der Waals surface area contributed by atoms with Gasteiger partial charge in [0.25, 0.3) is 0 Å². The van der Waals surface area contributed by atoms with E-state index in [1.54, 1.807) is 12.1 Å². The molecule has 0 unspecified atom stereocenters. The Bertz CT molecular complexity index is 727. The Morgan fingerprint density at radius 3 is 2.65 bits per heavy atom. The van der Waals surface area contributed by atoms with E-state index < -0.39 is 10.0 Å². The van der Waals surface area contributed by atoms with E-state index in [4.69, 9.17) is 5.14 Å². The number of thiazole rings is 1. The molecule has 1 aromatic carbocycles. The van der Waals surface area contributed by atoms with Gasteiger partial charge in [0.05, 0.1) is 6.20 Å². The fourth-order valence-corrected chi connectivity index (χ4v) is 3.56. The number of rotatable bonds is 4. The van der Waals surface area contributed by atoms with Crippen LogP contribution in [-0.4, -0.2) is 19.4 Å². The Balaban J connectivity index is 1.66. The lowest BCUT2D eigenvalue weighted by Gasteiger charge is -2.02. The topological polar surface area (TPSA) is 85.1 Å². The molecule has 106 valence electrons. The molecule has 0 spiro atoms. The first kappa shape index (κ1) is 13.5. The number of hydrogen-bond acceptors (Lipinski definition) is 5. The largest absolute Gasteiger partial charge is 0.358 e. The monoisotopic (exact) mass is 313 g/mol. The number of hydrogen-bond donors (Lipinski definition) is 2. The predicted octanol–water partition coefficient (Wildman–Crippen LogP) is 1.90. The maximum atomic E-state index is 12.8. The zero-order chi connectivity index (χ0) is 14.3. The van der Waals surface area contributed by atoms with Gasteiger partial charge in [0.2, 0.25) is 10.0 Å². The first-order valence-electron chi connectivity index (χ1n) is 5.94. The Kier molecular flexibility index (Phi) is 3.23. The van der Waals surface area contributed by atoms with Crippen LogP contribution in [0.3, 0.4) is 0 Å². The summed E-state index contributed by atoms with van der Waals surface area (Å²) in [4.78, 5) is 3.99. The number of primary sulfonamides is 1. The molecule has 0 saturated heterocycles. The van der Waals surface area contributed by atoms with Crippen LogP contribution in [0.1, 0.15) is 17.9 Å². The van der Waals surface area contributed by atoms with Crippen molar-refractivity contribution in [2.45, 2.75) is 22.6 Å². The number of nitrogens with one attached hydrogen (secondary N) is 1. The van der Waals surface area contributed by atoms with E-state index in [1.165, 1.54) is 18.3 Å². The Morgan fingerprint density at radius 1 is 1.35 bits per heavy atom. The van der Waals surface area contributed by atoms with E-state index in [0.717, 1.165) is 23.3 Å². The average molecular weight is 313 g/mol. The van der Waals surface area contributed by atoms with E-state index in [-0.39, 0.29) is 16.1 Å². The normalized spacial score (nSPS) is 21.7. The summed E-state index contributed by atoms with van der Waals surface area (Å²) < 4.78 is 35.2. The van der Waals surface area contributed by atoms with Crippen molar-refractivity contribution in [3.63, 3.8) is 0 Å². The fraction of sp³-hybridized carbons (Fsp3) is 0.250. The molecule has 1 saturated carbocycles. The number of benzene rings is 1. The molecule has 3 N–H and O–H groups in total. The van der Waals surface area contributed by atoms with Crippen LogP contribution < -0.4 is 10.5 Å². The molecule has 20 heavy (non-hydrogen) atoms. The molecule has 3 rings (SSSR count). The van der Waals surface area contributed by atoms with Gasteiger partial charge in [-0.1, -0.05) is 23.5 Å². The minimum atomic E-state index is -3.69. The molecule has 0 amide bonds. The molecule has 1 fully saturated rings. The summed E-state index contributed by atoms with van der Waals surface area (Å²) in [5, 5.41) is 8.72. The van der Waals surface area contributed by atoms with Crippen LogP contribution in [-0.2, 0) is 10.0 Å². The van der Waals surface area contributed by atoms with Crippen LogP contribution in [0.15, 0.2) is 34.7 Å². The van der Waals surface area contributed by atoms with Crippen molar-refractivity contribution in [3.8, 4) is 0 Å². The molecule has 1 aliphatic rings. The second kappa shape index (κ2) is 4.80. The molecule has 0 bridgehead atoms. The third-order valence-corrected chi connectivity index (χ3v) is 5.50. The maximum Gasteiger partial charge on any atom is 0.249 e. The zero-order valence-electron chi connectivity index (χ0n) is 10.3. The van der Waals surface area contributed by atoms with Gasteiger partial charge in [0.15, 0.2) is 9.34 Å². The molecule has 1 aliphatic carbocycles. The number of nitrogens with zero attached hydrogens (tertiary/aromatic N) is 1. The summed E-state index contributed by atoms with van der Waals surface area (Å²) in [7, 11) is -3.69. The summed E-state index contributed by atoms with van der Waals surface area (Å²) >= 11 is 1.01. The summed E-state index contributed by atoms with van der Waals surface area (Å²) in [5.74, 6) is 0.0501. The van der Waals surface area contributed by atoms with E-state index in [2.05, 4.69) is 10.3 Å². The maximum absolute atomic E-state index is 12.8. The average Bonchev–Trinajstić information content (AvgIpc) is 2.95. The van der Waals surface area contributed by atoms with Crippen LogP contribution in [0.2, 0.25) is 0 Å². The first-order valence-corrected chi connectivity index (χ1v) is 8.30. The van der Waals surface area contributed by atoms with Crippen molar-refractivity contribution >= 4 is 26.5 Å². The van der Waals surface area contributed by atoms with Gasteiger partial charge < -0.3 is 5.32 Å². The van der Waals surface area contributed by atoms with Gasteiger partial charge in [-0.15, -0.1) is 0 Å². The number of aromatic nitrogens is 1. The lowest BCUT2D eigenvalue weighted by Crippen LogP contribution is -2.09. The van der Waals surface area contributed by atoms with Crippen LogP contribution >= 0.6 is 11.3 Å². The molecule has 5 nitrogen and oxygen atoms in total. The zero-order valence-corrected chi connectivity index (χ0v) is 11.9. The van der Waals surface area contributed by atoms with Gasteiger partial charge >= 0.3 is 0 Å². The van der Waals surface area contributed by atoms with Crippen LogP contribution in [0.4, 0.5) is 9.52 Å². The van der Waals surface area contributed by atoms with Crippen molar-refractivity contribution < 1.29 is 12.8 Å². The summed E-state index contributed by atoms with van der Waals surface area (Å²) in [5.41, 5.74) is 1.06. The smallest absolute Gasteiger partial charge is 0.249 e. The van der Waals surface area contributed by atoms with Crippen LogP contribution in [0.25, 0.3) is 0 Å². The van der Waals surface area contributed by atoms with E-state index in [1.807, 2.05) is 0 Å². The number of anilines is 1. The van der Waals surface area contributed by atoms with Crippen molar-refractivity contribution in [1.82, 2.24) is 4.98 Å². The highest BCUT2D eigenvalue weighted by Gasteiger charge is 2.38. The SMILES string of the molecule is NS(=O)(=O)c1cnc(N[C@@H]2C[C@H]2c2ccc(F)cc2)s1. The van der Waals surface area contributed by atoms with Gasteiger partial charge in [-0.25, -0.2) is 22.9 Å². The first-order chi connectivity index (χ1) is 9.43. The highest BCUT2D eigenvalue weighted by Crippen LogP contribution is 2.43. The quantitative estimate of drug-likeness (QED) is 0.903. The molecule has 8 heteroatoms. The van der Waals surface area contributed by atoms with Crippen molar-refractivity contribution in [3.05, 3.63) is 41.8 Å². The van der Waals surface area contributed by atoms with E-state index in [0.29, 0.717) is 11.0 Å². The Morgan fingerprint density at radius 2 is 2.05 bits per heavy atom. The summed E-state index contributed by atoms with van der Waals surface area (Å²) in [6.07, 6.45) is 2.16. The molecule has 0 radical (unpaired) electrons. The lowest BCUT2D eigenvalue weighted by atomic mass is 10.1. The van der Waals surface area contributed by atoms with E-state index in [9.17, 15) is 12.8 Å². The molecule has 1 heterocycles. The minimum Gasteiger partial charge on any atom is -0.358 e. The molecule has 1 aromatic heterocycles. The minimum absolute atomic E-state index is 0.0407. The summed E-state index contributed by atoms with van der Waals surface area (Å²) in [6, 6.07) is 6.60. The number of nitrogens with two attached hydrogens (primary N) is 1. The lowest BCUT2D eigenvalue weighted by molar-refractivity contribution is 0.599. The van der Waals surface area contributed by atoms with Gasteiger partial charge in [-0.3, -0.25) is 0 Å². The standard InChI is InChI=1S/C12H12FN3O2S2/c13-8-3-1-7(2-4-8)9-5-10(9)16-12-15-6-11(19-12)20(14,17)18/h1-4,6,9-10H,5H2,(H,15,16)(H2,14,17,18)/t9-,10+/m0/s1. The number of sulfonamides is 1. The molecular weight excluding hydrogens is 301 g/mol. The Labute approximate surface area is 119 Å². The predicted molar refractivity (Wildman–Crippen MR) is 74.7 cm³/mol. The highest BCUT2D eigenvalue weighted by atomic mass is 32.2. The fourth-order valence-electron chi connectivity index (χ4n) is 2.05. The number of halogens is 1. The van der Waals surface area contributed by atoms with Gasteiger partial charge in [-0.05, 0) is 24.1 Å². The van der Waals surface area contributed by atoms with Crippen LogP contribution in [0.5, 0.6) is 0 Å². The summed E-state index contributed by atoms with van der Waals surface area (Å²) in [6.45, 7) is 0. The highest BCUT2D eigenvalue weighted by molar-refractivity contribution is 7.91. The molecular formula is C12H12FN3O2S2. The van der Waals surface area contributed by atoms with E-state index >= 15 is 0 Å². The molecule has 0 aliphatic heterocycles.